The van der Waals surface area contributed by atoms with Gasteiger partial charge in [0.15, 0.2) is 0 Å². The van der Waals surface area contributed by atoms with Gasteiger partial charge in [0.05, 0.1) is 16.4 Å². The maximum Gasteiger partial charge on any atom is 0.247 e. The molecule has 0 saturated heterocycles. The number of nitrogens with zero attached hydrogens (tertiary/aromatic N) is 1. The molecule has 0 spiro atoms. The summed E-state index contributed by atoms with van der Waals surface area (Å²) in [4.78, 5) is 14.3. The van der Waals surface area contributed by atoms with Gasteiger partial charge in [-0.3, -0.25) is 4.79 Å². The van der Waals surface area contributed by atoms with Gasteiger partial charge in [0.25, 0.3) is 0 Å². The summed E-state index contributed by atoms with van der Waals surface area (Å²) in [6, 6.07) is 13.5. The Kier molecular flexibility index (Phi) is 2.15. The van der Waals surface area contributed by atoms with Crippen LogP contribution in [0.15, 0.2) is 42.5 Å². The van der Waals surface area contributed by atoms with Crippen molar-refractivity contribution in [2.75, 3.05) is 10.2 Å². The van der Waals surface area contributed by atoms with Crippen LogP contribution in [0, 0.1) is 0 Å². The van der Waals surface area contributed by atoms with Crippen molar-refractivity contribution < 1.29 is 4.79 Å². The van der Waals surface area contributed by atoms with E-state index in [0.717, 1.165) is 23.5 Å². The normalized spacial score (nSPS) is 19.5. The number of benzene rings is 2. The summed E-state index contributed by atoms with van der Waals surface area (Å²) in [5.41, 5.74) is 3.95. The SMILES string of the molecule is O=C1Nc2cccc(Cl)c2N2c3ccccc3CC12. The Morgan fingerprint density at radius 1 is 1.16 bits per heavy atom. The summed E-state index contributed by atoms with van der Waals surface area (Å²) in [5.74, 6) is 0.0333. The van der Waals surface area contributed by atoms with Crippen molar-refractivity contribution in [1.29, 1.82) is 0 Å². The molecule has 1 unspecified atom stereocenters. The molecular formula is C15H11ClN2O. The zero-order chi connectivity index (χ0) is 13.0. The lowest BCUT2D eigenvalue weighted by Crippen LogP contribution is -2.43. The van der Waals surface area contributed by atoms with Crippen LogP contribution >= 0.6 is 11.6 Å². The van der Waals surface area contributed by atoms with Gasteiger partial charge in [-0.05, 0) is 23.8 Å². The second kappa shape index (κ2) is 3.75. The minimum atomic E-state index is -0.190. The maximum atomic E-state index is 12.2. The number of carbonyl (C=O) groups is 1. The van der Waals surface area contributed by atoms with Gasteiger partial charge in [0, 0.05) is 12.1 Å². The van der Waals surface area contributed by atoms with E-state index in [-0.39, 0.29) is 11.9 Å². The summed E-state index contributed by atoms with van der Waals surface area (Å²) in [6.07, 6.45) is 0.729. The van der Waals surface area contributed by atoms with E-state index in [1.807, 2.05) is 36.4 Å². The van der Waals surface area contributed by atoms with E-state index >= 15 is 0 Å². The molecule has 19 heavy (non-hydrogen) atoms. The third-order valence-electron chi connectivity index (χ3n) is 3.76. The number of nitrogens with one attached hydrogen (secondary N) is 1. The molecule has 4 heteroatoms. The van der Waals surface area contributed by atoms with Crippen molar-refractivity contribution in [3.05, 3.63) is 53.1 Å². The fourth-order valence-electron chi connectivity index (χ4n) is 2.95. The van der Waals surface area contributed by atoms with Crippen LogP contribution in [0.3, 0.4) is 0 Å². The summed E-state index contributed by atoms with van der Waals surface area (Å²) in [5, 5.41) is 3.61. The average molecular weight is 271 g/mol. The molecule has 2 aromatic rings. The molecule has 0 aromatic heterocycles. The van der Waals surface area contributed by atoms with E-state index < -0.39 is 0 Å². The molecule has 0 saturated carbocycles. The Morgan fingerprint density at radius 2 is 2.00 bits per heavy atom. The number of rotatable bonds is 0. The maximum absolute atomic E-state index is 12.2. The van der Waals surface area contributed by atoms with Gasteiger partial charge < -0.3 is 10.2 Å². The van der Waals surface area contributed by atoms with Crippen molar-refractivity contribution >= 4 is 34.6 Å². The number of halogens is 1. The number of carbonyl (C=O) groups excluding carboxylic acids is 1. The van der Waals surface area contributed by atoms with Crippen LogP contribution in [-0.2, 0) is 11.2 Å². The predicted octanol–water partition coefficient (Wildman–Crippen LogP) is 3.35. The number of anilines is 3. The number of para-hydroxylation sites is 2. The van der Waals surface area contributed by atoms with E-state index in [1.165, 1.54) is 5.56 Å². The van der Waals surface area contributed by atoms with E-state index in [1.54, 1.807) is 0 Å². The Bertz CT molecular complexity index is 698. The molecule has 1 atom stereocenters. The summed E-state index contributed by atoms with van der Waals surface area (Å²) in [7, 11) is 0. The van der Waals surface area contributed by atoms with Crippen molar-refractivity contribution in [1.82, 2.24) is 0 Å². The predicted molar refractivity (Wildman–Crippen MR) is 76.2 cm³/mol. The molecule has 2 aliphatic rings. The van der Waals surface area contributed by atoms with Crippen LogP contribution in [0.5, 0.6) is 0 Å². The zero-order valence-electron chi connectivity index (χ0n) is 10.1. The highest BCUT2D eigenvalue weighted by molar-refractivity contribution is 6.35. The minimum absolute atomic E-state index is 0.0333. The van der Waals surface area contributed by atoms with Crippen LogP contribution in [0.2, 0.25) is 5.02 Å². The number of fused-ring (bicyclic) bond motifs is 5. The number of hydrogen-bond acceptors (Lipinski definition) is 2. The molecule has 1 amide bonds. The number of hydrogen-bond donors (Lipinski definition) is 1. The van der Waals surface area contributed by atoms with E-state index in [4.69, 9.17) is 11.6 Å². The van der Waals surface area contributed by atoms with E-state index in [0.29, 0.717) is 5.02 Å². The van der Waals surface area contributed by atoms with Crippen molar-refractivity contribution in [2.45, 2.75) is 12.5 Å². The molecule has 0 fully saturated rings. The first-order valence-corrected chi connectivity index (χ1v) is 6.60. The van der Waals surface area contributed by atoms with Gasteiger partial charge in [-0.25, -0.2) is 0 Å². The molecule has 3 nitrogen and oxygen atoms in total. The van der Waals surface area contributed by atoms with E-state index in [2.05, 4.69) is 16.3 Å². The lowest BCUT2D eigenvalue weighted by atomic mass is 10.1. The lowest BCUT2D eigenvalue weighted by molar-refractivity contribution is -0.117. The van der Waals surface area contributed by atoms with Crippen LogP contribution in [0.25, 0.3) is 0 Å². The Hall–Kier alpha value is -2.00. The van der Waals surface area contributed by atoms with Crippen LogP contribution in [0.1, 0.15) is 5.56 Å². The van der Waals surface area contributed by atoms with Gasteiger partial charge in [-0.1, -0.05) is 35.9 Å². The van der Waals surface area contributed by atoms with Gasteiger partial charge in [-0.15, -0.1) is 0 Å². The highest BCUT2D eigenvalue weighted by Gasteiger charge is 2.40. The molecule has 0 aliphatic carbocycles. The quantitative estimate of drug-likeness (QED) is 0.796. The molecule has 0 radical (unpaired) electrons. The molecule has 4 rings (SSSR count). The molecule has 1 N–H and O–H groups in total. The van der Waals surface area contributed by atoms with Gasteiger partial charge in [-0.2, -0.15) is 0 Å². The summed E-state index contributed by atoms with van der Waals surface area (Å²) >= 11 is 6.33. The standard InChI is InChI=1S/C15H11ClN2O/c16-10-5-3-6-11-14(10)18-12-7-2-1-4-9(12)8-13(18)15(19)17-11/h1-7,13H,8H2,(H,17,19). The monoisotopic (exact) mass is 270 g/mol. The van der Waals surface area contributed by atoms with Crippen molar-refractivity contribution in [3.63, 3.8) is 0 Å². The minimum Gasteiger partial charge on any atom is -0.325 e. The highest BCUT2D eigenvalue weighted by Crippen LogP contribution is 2.47. The van der Waals surface area contributed by atoms with E-state index in [9.17, 15) is 4.79 Å². The van der Waals surface area contributed by atoms with Crippen LogP contribution < -0.4 is 10.2 Å². The molecule has 0 bridgehead atoms. The van der Waals surface area contributed by atoms with Crippen molar-refractivity contribution in [2.24, 2.45) is 0 Å². The van der Waals surface area contributed by atoms with Gasteiger partial charge in [0.1, 0.15) is 6.04 Å². The van der Waals surface area contributed by atoms with Crippen LogP contribution in [-0.4, -0.2) is 11.9 Å². The largest absolute Gasteiger partial charge is 0.325 e. The fourth-order valence-corrected chi connectivity index (χ4v) is 3.21. The second-order valence-electron chi connectivity index (χ2n) is 4.84. The van der Waals surface area contributed by atoms with Gasteiger partial charge in [0.2, 0.25) is 5.91 Å². The summed E-state index contributed by atoms with van der Waals surface area (Å²) in [6.45, 7) is 0. The third-order valence-corrected chi connectivity index (χ3v) is 4.07. The molecule has 2 aliphatic heterocycles. The molecule has 94 valence electrons. The summed E-state index contributed by atoms with van der Waals surface area (Å²) < 4.78 is 0. The highest BCUT2D eigenvalue weighted by atomic mass is 35.5. The molecule has 2 heterocycles. The Labute approximate surface area is 115 Å². The Balaban J connectivity index is 1.99. The molecule has 2 aromatic carbocycles. The second-order valence-corrected chi connectivity index (χ2v) is 5.25. The lowest BCUT2D eigenvalue weighted by Gasteiger charge is -2.34. The first-order valence-electron chi connectivity index (χ1n) is 6.22. The van der Waals surface area contributed by atoms with Crippen molar-refractivity contribution in [3.8, 4) is 0 Å². The zero-order valence-corrected chi connectivity index (χ0v) is 10.8. The first-order chi connectivity index (χ1) is 9.25. The topological polar surface area (TPSA) is 32.3 Å². The number of amides is 1. The Morgan fingerprint density at radius 3 is 2.89 bits per heavy atom. The first kappa shape index (κ1) is 10.9. The smallest absolute Gasteiger partial charge is 0.247 e. The average Bonchev–Trinajstić information content (AvgIpc) is 2.79. The van der Waals surface area contributed by atoms with Gasteiger partial charge >= 0.3 is 0 Å². The third kappa shape index (κ3) is 1.42. The fraction of sp³-hybridized carbons (Fsp3) is 0.133. The molecular weight excluding hydrogens is 260 g/mol. The van der Waals surface area contributed by atoms with Crippen LogP contribution in [0.4, 0.5) is 17.1 Å².